The van der Waals surface area contributed by atoms with Crippen molar-refractivity contribution >= 4 is 6.72 Å². The predicted octanol–water partition coefficient (Wildman–Crippen LogP) is 1.50. The lowest BCUT2D eigenvalue weighted by molar-refractivity contribution is 1.11. The van der Waals surface area contributed by atoms with Gasteiger partial charge in [0.25, 0.3) is 0 Å². The Kier molecular flexibility index (Phi) is 5.68. The summed E-state index contributed by atoms with van der Waals surface area (Å²) in [4.78, 5) is 3.71. The van der Waals surface area contributed by atoms with Crippen molar-refractivity contribution in [1.29, 1.82) is 0 Å². The molecular weight excluding hydrogens is 124 g/mol. The third-order valence-electron chi connectivity index (χ3n) is 1.07. The second-order valence-corrected chi connectivity index (χ2v) is 1.86. The number of hydrogen-bond acceptors (Lipinski definition) is 2. The molecule has 0 aromatic carbocycles. The number of rotatable bonds is 4. The Morgan fingerprint density at radius 1 is 1.70 bits per heavy atom. The molecule has 0 saturated heterocycles. The fraction of sp³-hybridized carbons (Fsp3) is 0.375. The van der Waals surface area contributed by atoms with Gasteiger partial charge in [-0.05, 0) is 19.2 Å². The zero-order chi connectivity index (χ0) is 7.82. The van der Waals surface area contributed by atoms with Crippen LogP contribution in [0.1, 0.15) is 13.3 Å². The molecule has 56 valence electrons. The van der Waals surface area contributed by atoms with E-state index in [1.54, 1.807) is 0 Å². The van der Waals surface area contributed by atoms with E-state index in [9.17, 15) is 0 Å². The summed E-state index contributed by atoms with van der Waals surface area (Å²) >= 11 is 0. The molecule has 0 aromatic rings. The smallest absolute Gasteiger partial charge is 0.0532 e. The molecule has 2 nitrogen and oxygen atoms in total. The minimum Gasteiger partial charge on any atom is -0.325 e. The first-order chi connectivity index (χ1) is 4.85. The molecule has 0 atom stereocenters. The van der Waals surface area contributed by atoms with Gasteiger partial charge >= 0.3 is 0 Å². The number of nitrogens with zero attached hydrogens (tertiary/aromatic N) is 1. The monoisotopic (exact) mass is 138 g/mol. The van der Waals surface area contributed by atoms with Crippen molar-refractivity contribution in [3.8, 4) is 0 Å². The van der Waals surface area contributed by atoms with E-state index >= 15 is 0 Å². The van der Waals surface area contributed by atoms with Crippen LogP contribution < -0.4 is 5.73 Å². The van der Waals surface area contributed by atoms with Crippen molar-refractivity contribution in [2.45, 2.75) is 13.3 Å². The van der Waals surface area contributed by atoms with Gasteiger partial charge in [0.1, 0.15) is 0 Å². The van der Waals surface area contributed by atoms with Crippen LogP contribution in [0.25, 0.3) is 0 Å². The first kappa shape index (κ1) is 9.11. The van der Waals surface area contributed by atoms with Crippen molar-refractivity contribution in [2.24, 2.45) is 10.7 Å². The van der Waals surface area contributed by atoms with Crippen LogP contribution in [-0.4, -0.2) is 13.3 Å². The molecule has 0 fully saturated rings. The lowest BCUT2D eigenvalue weighted by atomic mass is 10.3. The second-order valence-electron chi connectivity index (χ2n) is 1.86. The molecule has 0 saturated carbocycles. The van der Waals surface area contributed by atoms with Crippen LogP contribution in [0.2, 0.25) is 0 Å². The third kappa shape index (κ3) is 4.04. The van der Waals surface area contributed by atoms with Gasteiger partial charge in [-0.3, -0.25) is 4.99 Å². The number of nitrogens with two attached hydrogens (primary N) is 1. The summed E-state index contributed by atoms with van der Waals surface area (Å²) in [5, 5.41) is 0. The van der Waals surface area contributed by atoms with Crippen LogP contribution >= 0.6 is 0 Å². The maximum absolute atomic E-state index is 5.33. The molecule has 0 bridgehead atoms. The van der Waals surface area contributed by atoms with Gasteiger partial charge in [-0.25, -0.2) is 0 Å². The highest BCUT2D eigenvalue weighted by Gasteiger charge is 1.81. The molecule has 0 spiro atoms. The summed E-state index contributed by atoms with van der Waals surface area (Å²) in [7, 11) is 0. The van der Waals surface area contributed by atoms with Crippen molar-refractivity contribution in [3.05, 3.63) is 23.9 Å². The zero-order valence-electron chi connectivity index (χ0n) is 6.38. The Labute approximate surface area is 62.1 Å². The van der Waals surface area contributed by atoms with Gasteiger partial charge in [0, 0.05) is 6.54 Å². The number of allylic oxidation sites excluding steroid dienone is 3. The third-order valence-corrected chi connectivity index (χ3v) is 1.07. The Morgan fingerprint density at radius 3 is 2.80 bits per heavy atom. The fourth-order valence-electron chi connectivity index (χ4n) is 0.500. The maximum atomic E-state index is 5.33. The van der Waals surface area contributed by atoms with Crippen LogP contribution in [0.3, 0.4) is 0 Å². The molecule has 0 aliphatic carbocycles. The fourth-order valence-corrected chi connectivity index (χ4v) is 0.500. The topological polar surface area (TPSA) is 38.4 Å². The second kappa shape index (κ2) is 6.23. The van der Waals surface area contributed by atoms with Crippen molar-refractivity contribution in [3.63, 3.8) is 0 Å². The SMILES string of the molecule is C=N/C(=C\C=C/CC)CN. The maximum Gasteiger partial charge on any atom is 0.0532 e. The van der Waals surface area contributed by atoms with Crippen LogP contribution in [0.4, 0.5) is 0 Å². The highest BCUT2D eigenvalue weighted by Crippen LogP contribution is 1.92. The summed E-state index contributed by atoms with van der Waals surface area (Å²) in [6.45, 7) is 5.91. The van der Waals surface area contributed by atoms with Crippen LogP contribution in [0.5, 0.6) is 0 Å². The number of aliphatic imine (C=N–C) groups is 1. The number of hydrogen-bond donors (Lipinski definition) is 1. The van der Waals surface area contributed by atoms with E-state index in [-0.39, 0.29) is 0 Å². The van der Waals surface area contributed by atoms with E-state index in [2.05, 4.69) is 18.6 Å². The largest absolute Gasteiger partial charge is 0.325 e. The van der Waals surface area contributed by atoms with Crippen molar-refractivity contribution < 1.29 is 0 Å². The zero-order valence-corrected chi connectivity index (χ0v) is 6.38. The van der Waals surface area contributed by atoms with Gasteiger partial charge in [0.15, 0.2) is 0 Å². The van der Waals surface area contributed by atoms with Crippen LogP contribution in [-0.2, 0) is 0 Å². The van der Waals surface area contributed by atoms with Gasteiger partial charge in [-0.1, -0.05) is 19.1 Å². The quantitative estimate of drug-likeness (QED) is 0.464. The highest BCUT2D eigenvalue weighted by atomic mass is 14.7. The molecule has 0 aliphatic rings. The molecular formula is C8H14N2. The summed E-state index contributed by atoms with van der Waals surface area (Å²) in [6, 6.07) is 0. The molecule has 0 aromatic heterocycles. The normalized spacial score (nSPS) is 12.4. The average molecular weight is 138 g/mol. The van der Waals surface area contributed by atoms with Gasteiger partial charge in [-0.15, -0.1) is 0 Å². The van der Waals surface area contributed by atoms with E-state index in [1.165, 1.54) is 0 Å². The minimum atomic E-state index is 0.456. The Hall–Kier alpha value is -0.890. The lowest BCUT2D eigenvalue weighted by Gasteiger charge is -1.90. The molecule has 0 radical (unpaired) electrons. The summed E-state index contributed by atoms with van der Waals surface area (Å²) in [5.41, 5.74) is 6.15. The Bertz CT molecular complexity index is 145. The summed E-state index contributed by atoms with van der Waals surface area (Å²) in [5.74, 6) is 0. The first-order valence-electron chi connectivity index (χ1n) is 3.37. The Morgan fingerprint density at radius 2 is 2.40 bits per heavy atom. The average Bonchev–Trinajstić information content (AvgIpc) is 1.99. The standard InChI is InChI=1S/C8H14N2/c1-3-4-5-6-8(7-9)10-2/h4-6H,2-3,7,9H2,1H3/b5-4-,8-6-. The van der Waals surface area contributed by atoms with E-state index in [4.69, 9.17) is 5.73 Å². The van der Waals surface area contributed by atoms with Gasteiger partial charge in [0.05, 0.1) is 5.70 Å². The molecule has 2 N–H and O–H groups in total. The molecule has 0 heterocycles. The Balaban J connectivity index is 3.85. The summed E-state index contributed by atoms with van der Waals surface area (Å²) in [6.07, 6.45) is 6.89. The van der Waals surface area contributed by atoms with Crippen molar-refractivity contribution in [1.82, 2.24) is 0 Å². The van der Waals surface area contributed by atoms with Gasteiger partial charge in [0.2, 0.25) is 0 Å². The van der Waals surface area contributed by atoms with E-state index in [0.717, 1.165) is 12.1 Å². The lowest BCUT2D eigenvalue weighted by Crippen LogP contribution is -1.99. The van der Waals surface area contributed by atoms with Crippen molar-refractivity contribution in [2.75, 3.05) is 6.54 Å². The first-order valence-corrected chi connectivity index (χ1v) is 3.37. The van der Waals surface area contributed by atoms with Crippen LogP contribution in [0, 0.1) is 0 Å². The molecule has 0 amide bonds. The van der Waals surface area contributed by atoms with Gasteiger partial charge < -0.3 is 5.73 Å². The molecule has 0 unspecified atom stereocenters. The highest BCUT2D eigenvalue weighted by molar-refractivity contribution is 5.30. The molecule has 2 heteroatoms. The predicted molar refractivity (Wildman–Crippen MR) is 46.1 cm³/mol. The molecule has 0 aliphatic heterocycles. The molecule has 10 heavy (non-hydrogen) atoms. The van der Waals surface area contributed by atoms with Crippen LogP contribution in [0.15, 0.2) is 28.9 Å². The van der Waals surface area contributed by atoms with Gasteiger partial charge in [-0.2, -0.15) is 0 Å². The summed E-state index contributed by atoms with van der Waals surface area (Å²) < 4.78 is 0. The van der Waals surface area contributed by atoms with E-state index in [0.29, 0.717) is 6.54 Å². The van der Waals surface area contributed by atoms with E-state index in [1.807, 2.05) is 18.2 Å². The minimum absolute atomic E-state index is 0.456. The van der Waals surface area contributed by atoms with E-state index < -0.39 is 0 Å². The molecule has 0 rings (SSSR count).